The highest BCUT2D eigenvalue weighted by Gasteiger charge is 2.39. The van der Waals surface area contributed by atoms with Crippen molar-refractivity contribution in [1.29, 1.82) is 0 Å². The Morgan fingerprint density at radius 3 is 2.53 bits per heavy atom. The predicted octanol–water partition coefficient (Wildman–Crippen LogP) is 2.28. The highest BCUT2D eigenvalue weighted by Crippen LogP contribution is 2.36. The van der Waals surface area contributed by atoms with E-state index in [1.165, 1.54) is 22.6 Å². The SMILES string of the molecule is COC(=O)c1c(I)cnc([N+](=O)[O-])c1OC(F)(F)F. The number of hydrogen-bond acceptors (Lipinski definition) is 6. The molecule has 104 valence electrons. The zero-order valence-corrected chi connectivity index (χ0v) is 11.2. The van der Waals surface area contributed by atoms with E-state index >= 15 is 0 Å². The van der Waals surface area contributed by atoms with Crippen LogP contribution in [0.15, 0.2) is 6.20 Å². The lowest BCUT2D eigenvalue weighted by atomic mass is 10.2. The second kappa shape index (κ2) is 5.54. The van der Waals surface area contributed by atoms with Crippen LogP contribution in [-0.4, -0.2) is 29.3 Å². The number of hydrogen-bond donors (Lipinski definition) is 0. The molecule has 0 unspecified atom stereocenters. The van der Waals surface area contributed by atoms with Gasteiger partial charge in [-0.05, 0) is 32.5 Å². The van der Waals surface area contributed by atoms with Crippen LogP contribution < -0.4 is 4.74 Å². The summed E-state index contributed by atoms with van der Waals surface area (Å²) in [6, 6.07) is 0. The van der Waals surface area contributed by atoms with Crippen LogP contribution in [0.4, 0.5) is 19.0 Å². The average molecular weight is 392 g/mol. The van der Waals surface area contributed by atoms with E-state index < -0.39 is 34.4 Å². The van der Waals surface area contributed by atoms with Crippen LogP contribution in [0.1, 0.15) is 10.4 Å². The van der Waals surface area contributed by atoms with E-state index in [1.807, 2.05) is 0 Å². The molecule has 7 nitrogen and oxygen atoms in total. The maximum Gasteiger partial charge on any atom is 0.573 e. The van der Waals surface area contributed by atoms with Crippen LogP contribution in [0.3, 0.4) is 0 Å². The molecule has 0 aliphatic heterocycles. The van der Waals surface area contributed by atoms with Gasteiger partial charge in [-0.2, -0.15) is 0 Å². The molecule has 0 saturated heterocycles. The van der Waals surface area contributed by atoms with Crippen LogP contribution in [0.2, 0.25) is 0 Å². The van der Waals surface area contributed by atoms with Gasteiger partial charge in [0.05, 0.1) is 10.7 Å². The third-order valence-corrected chi connectivity index (χ3v) is 2.57. The minimum atomic E-state index is -5.21. The van der Waals surface area contributed by atoms with Gasteiger partial charge in [-0.3, -0.25) is 0 Å². The average Bonchev–Trinajstić information content (AvgIpc) is 2.26. The normalized spacial score (nSPS) is 11.0. The van der Waals surface area contributed by atoms with Gasteiger partial charge < -0.3 is 19.6 Å². The summed E-state index contributed by atoms with van der Waals surface area (Å²) in [7, 11) is 0.919. The van der Waals surface area contributed by atoms with Crippen molar-refractivity contribution in [2.24, 2.45) is 0 Å². The number of rotatable bonds is 3. The number of nitro groups is 1. The number of alkyl halides is 3. The number of ether oxygens (including phenoxy) is 2. The summed E-state index contributed by atoms with van der Waals surface area (Å²) in [5, 5.41) is 10.6. The Morgan fingerprint density at radius 2 is 2.11 bits per heavy atom. The molecule has 0 bridgehead atoms. The van der Waals surface area contributed by atoms with Gasteiger partial charge in [0, 0.05) is 0 Å². The second-order valence-corrected chi connectivity index (χ2v) is 4.09. The first-order chi connectivity index (χ1) is 8.67. The van der Waals surface area contributed by atoms with Crippen molar-refractivity contribution in [1.82, 2.24) is 4.98 Å². The lowest BCUT2D eigenvalue weighted by Crippen LogP contribution is -2.21. The summed E-state index contributed by atoms with van der Waals surface area (Å²) in [5.41, 5.74) is -0.706. The molecule has 0 aliphatic rings. The van der Waals surface area contributed by atoms with Gasteiger partial charge in [-0.15, -0.1) is 13.2 Å². The first-order valence-electron chi connectivity index (χ1n) is 4.34. The van der Waals surface area contributed by atoms with Gasteiger partial charge in [0.2, 0.25) is 5.75 Å². The summed E-state index contributed by atoms with van der Waals surface area (Å²) in [5.74, 6) is -3.72. The van der Waals surface area contributed by atoms with Gasteiger partial charge in [0.15, 0.2) is 6.20 Å². The lowest BCUT2D eigenvalue weighted by molar-refractivity contribution is -0.393. The van der Waals surface area contributed by atoms with Crippen LogP contribution in [0.25, 0.3) is 0 Å². The highest BCUT2D eigenvalue weighted by molar-refractivity contribution is 14.1. The van der Waals surface area contributed by atoms with E-state index in [9.17, 15) is 28.1 Å². The smallest absolute Gasteiger partial charge is 0.465 e. The predicted molar refractivity (Wildman–Crippen MR) is 61.6 cm³/mol. The number of nitrogens with zero attached hydrogens (tertiary/aromatic N) is 2. The Balaban J connectivity index is 3.54. The van der Waals surface area contributed by atoms with Gasteiger partial charge in [-0.25, -0.2) is 4.79 Å². The number of pyridine rings is 1. The van der Waals surface area contributed by atoms with Crippen LogP contribution >= 0.6 is 22.6 Å². The van der Waals surface area contributed by atoms with Crippen molar-refractivity contribution in [2.75, 3.05) is 7.11 Å². The number of carbonyl (C=O) groups is 1. The molecule has 0 atom stereocenters. The van der Waals surface area contributed by atoms with E-state index in [4.69, 9.17) is 0 Å². The van der Waals surface area contributed by atoms with Gasteiger partial charge >= 0.3 is 18.1 Å². The molecule has 1 heterocycles. The summed E-state index contributed by atoms with van der Waals surface area (Å²) < 4.78 is 44.4. The maximum atomic E-state index is 12.2. The molecule has 11 heteroatoms. The Hall–Kier alpha value is -1.66. The fourth-order valence-electron chi connectivity index (χ4n) is 1.10. The molecule has 0 spiro atoms. The molecule has 0 fully saturated rings. The second-order valence-electron chi connectivity index (χ2n) is 2.93. The van der Waals surface area contributed by atoms with Crippen molar-refractivity contribution in [2.45, 2.75) is 6.36 Å². The fourth-order valence-corrected chi connectivity index (χ4v) is 1.70. The quantitative estimate of drug-likeness (QED) is 0.339. The molecule has 0 N–H and O–H groups in total. The third kappa shape index (κ3) is 3.65. The Bertz CT molecular complexity index is 534. The van der Waals surface area contributed by atoms with Crippen LogP contribution in [0, 0.1) is 13.7 Å². The fraction of sp³-hybridized carbons (Fsp3) is 0.250. The standard InChI is InChI=1S/C8H4F3IN2O5/c1-18-7(15)4-3(12)2-13-6(14(16)17)5(4)19-8(9,10)11/h2H,1H3. The third-order valence-electron chi connectivity index (χ3n) is 1.75. The van der Waals surface area contributed by atoms with Crippen molar-refractivity contribution >= 4 is 34.4 Å². The number of halogens is 4. The van der Waals surface area contributed by atoms with Gasteiger partial charge in [0.25, 0.3) is 0 Å². The Morgan fingerprint density at radius 1 is 1.53 bits per heavy atom. The monoisotopic (exact) mass is 392 g/mol. The molecule has 1 aromatic heterocycles. The summed E-state index contributed by atoms with van der Waals surface area (Å²) in [6.07, 6.45) is -4.34. The Kier molecular flexibility index (Phi) is 4.49. The molecular formula is C8H4F3IN2O5. The van der Waals surface area contributed by atoms with Gasteiger partial charge in [0.1, 0.15) is 5.56 Å². The summed E-state index contributed by atoms with van der Waals surface area (Å²) in [4.78, 5) is 24.0. The minimum absolute atomic E-state index is 0.0747. The van der Waals surface area contributed by atoms with Crippen molar-refractivity contribution in [3.63, 3.8) is 0 Å². The molecule has 0 radical (unpaired) electrons. The largest absolute Gasteiger partial charge is 0.573 e. The molecular weight excluding hydrogens is 388 g/mol. The highest BCUT2D eigenvalue weighted by atomic mass is 127. The number of esters is 1. The molecule has 0 amide bonds. The molecule has 0 saturated carbocycles. The topological polar surface area (TPSA) is 91.6 Å². The lowest BCUT2D eigenvalue weighted by Gasteiger charge is -2.12. The molecule has 1 aromatic rings. The summed E-state index contributed by atoms with van der Waals surface area (Å²) in [6.45, 7) is 0. The number of methoxy groups -OCH3 is 1. The maximum absolute atomic E-state index is 12.2. The van der Waals surface area contributed by atoms with E-state index in [-0.39, 0.29) is 3.57 Å². The molecule has 0 aliphatic carbocycles. The van der Waals surface area contributed by atoms with Crippen LogP contribution in [-0.2, 0) is 4.74 Å². The first kappa shape index (κ1) is 15.4. The number of aromatic nitrogens is 1. The molecule has 0 aromatic carbocycles. The minimum Gasteiger partial charge on any atom is -0.465 e. The van der Waals surface area contributed by atoms with E-state index in [1.54, 1.807) is 0 Å². The zero-order chi connectivity index (χ0) is 14.8. The van der Waals surface area contributed by atoms with Gasteiger partial charge in [-0.1, -0.05) is 0 Å². The van der Waals surface area contributed by atoms with Crippen molar-refractivity contribution in [3.05, 3.63) is 25.4 Å². The Labute approximate surface area is 117 Å². The molecule has 1 rings (SSSR count). The zero-order valence-electron chi connectivity index (χ0n) is 9.02. The van der Waals surface area contributed by atoms with E-state index in [0.29, 0.717) is 0 Å². The van der Waals surface area contributed by atoms with E-state index in [2.05, 4.69) is 14.5 Å². The van der Waals surface area contributed by atoms with Crippen LogP contribution in [0.5, 0.6) is 5.75 Å². The number of carbonyl (C=O) groups excluding carboxylic acids is 1. The first-order valence-corrected chi connectivity index (χ1v) is 5.42. The van der Waals surface area contributed by atoms with Crippen molar-refractivity contribution < 1.29 is 32.4 Å². The summed E-state index contributed by atoms with van der Waals surface area (Å²) >= 11 is 1.48. The van der Waals surface area contributed by atoms with Crippen molar-refractivity contribution in [3.8, 4) is 5.75 Å². The van der Waals surface area contributed by atoms with E-state index in [0.717, 1.165) is 13.3 Å². The molecule has 19 heavy (non-hydrogen) atoms.